The first kappa shape index (κ1) is 16.4. The van der Waals surface area contributed by atoms with Crippen molar-refractivity contribution >= 4 is 29.7 Å². The van der Waals surface area contributed by atoms with Gasteiger partial charge in [0.05, 0.1) is 30.0 Å². The molecule has 2 aliphatic rings. The van der Waals surface area contributed by atoms with Gasteiger partial charge in [-0.15, -0.1) is 0 Å². The predicted octanol–water partition coefficient (Wildman–Crippen LogP) is 3.36. The van der Waals surface area contributed by atoms with Crippen LogP contribution in [0.15, 0.2) is 38.7 Å². The zero-order chi connectivity index (χ0) is 18.3. The minimum Gasteiger partial charge on any atom is -0.495 e. The summed E-state index contributed by atoms with van der Waals surface area (Å²) in [5, 5.41) is 2.91. The largest absolute Gasteiger partial charge is 0.495 e. The first-order chi connectivity index (χ1) is 12.6. The van der Waals surface area contributed by atoms with Crippen molar-refractivity contribution in [3.8, 4) is 5.75 Å². The molecule has 7 heteroatoms. The molecule has 0 unspecified atom stereocenters. The summed E-state index contributed by atoms with van der Waals surface area (Å²) in [6, 6.07) is 7.48. The summed E-state index contributed by atoms with van der Waals surface area (Å²) in [7, 11) is 1.57. The Morgan fingerprint density at radius 2 is 2.23 bits per heavy atom. The van der Waals surface area contributed by atoms with E-state index in [-0.39, 0.29) is 11.9 Å². The summed E-state index contributed by atoms with van der Waals surface area (Å²) in [5.41, 5.74) is 1.72. The van der Waals surface area contributed by atoms with Crippen molar-refractivity contribution in [2.45, 2.75) is 26.3 Å². The zero-order valence-electron chi connectivity index (χ0n) is 14.9. The van der Waals surface area contributed by atoms with E-state index in [1.165, 1.54) is 0 Å². The van der Waals surface area contributed by atoms with Gasteiger partial charge in [-0.1, -0.05) is 19.1 Å². The number of benzene rings is 1. The Morgan fingerprint density at radius 3 is 3.00 bits per heavy atom. The molecule has 1 aromatic heterocycles. The molecule has 0 radical (unpaired) electrons. The highest BCUT2D eigenvalue weighted by molar-refractivity contribution is 6.20. The average molecular weight is 352 g/mol. The van der Waals surface area contributed by atoms with Gasteiger partial charge in [0.15, 0.2) is 0 Å². The number of rotatable bonds is 4. The van der Waals surface area contributed by atoms with Gasteiger partial charge in [-0.2, -0.15) is 0 Å². The summed E-state index contributed by atoms with van der Waals surface area (Å²) in [4.78, 5) is 24.1. The molecule has 2 aliphatic heterocycles. The van der Waals surface area contributed by atoms with E-state index < -0.39 is 0 Å². The monoisotopic (exact) mass is 352 g/mol. The molecule has 1 atom stereocenters. The number of hydrogen-bond acceptors (Lipinski definition) is 6. The smallest absolute Gasteiger partial charge is 0.260 e. The fourth-order valence-electron chi connectivity index (χ4n) is 3.29. The Morgan fingerprint density at radius 1 is 1.42 bits per heavy atom. The molecule has 2 aromatic rings. The summed E-state index contributed by atoms with van der Waals surface area (Å²) < 4.78 is 11.0. The van der Waals surface area contributed by atoms with Crippen LogP contribution in [0.2, 0.25) is 0 Å². The first-order valence-electron chi connectivity index (χ1n) is 8.59. The van der Waals surface area contributed by atoms with Crippen LogP contribution < -0.4 is 10.1 Å². The average Bonchev–Trinajstić information content (AvgIpc) is 3.21. The number of carbonyl (C=O) groups excluding carboxylic acids is 1. The molecule has 1 amide bonds. The van der Waals surface area contributed by atoms with Crippen LogP contribution in [-0.4, -0.2) is 42.7 Å². The van der Waals surface area contributed by atoms with Gasteiger partial charge in [0, 0.05) is 6.54 Å². The number of ether oxygens (including phenoxy) is 1. The number of para-hydroxylation sites is 2. The summed E-state index contributed by atoms with van der Waals surface area (Å²) in [6.07, 6.45) is 2.66. The summed E-state index contributed by atoms with van der Waals surface area (Å²) >= 11 is 0. The number of amides is 1. The molecule has 4 rings (SSSR count). The van der Waals surface area contributed by atoms with E-state index in [1.807, 2.05) is 17.0 Å². The van der Waals surface area contributed by atoms with Gasteiger partial charge in [0.2, 0.25) is 5.88 Å². The molecule has 0 saturated carbocycles. The topological polar surface area (TPSA) is 79.4 Å². The number of amidine groups is 1. The number of fused-ring (bicyclic) bond motifs is 3. The van der Waals surface area contributed by atoms with E-state index in [2.05, 4.69) is 17.2 Å². The molecule has 0 aliphatic carbocycles. The van der Waals surface area contributed by atoms with E-state index in [0.29, 0.717) is 34.2 Å². The van der Waals surface area contributed by atoms with Crippen molar-refractivity contribution in [3.63, 3.8) is 0 Å². The number of aryl methyl sites for hydroxylation is 1. The van der Waals surface area contributed by atoms with E-state index in [0.717, 1.165) is 18.8 Å². The van der Waals surface area contributed by atoms with Crippen molar-refractivity contribution in [3.05, 3.63) is 41.2 Å². The number of aliphatic imine (C=N–C) groups is 2. The third-order valence-corrected chi connectivity index (χ3v) is 4.64. The second-order valence-corrected chi connectivity index (χ2v) is 6.28. The van der Waals surface area contributed by atoms with Crippen LogP contribution in [0.3, 0.4) is 0 Å². The highest BCUT2D eigenvalue weighted by Gasteiger charge is 2.36. The molecule has 0 fully saturated rings. The molecule has 0 bridgehead atoms. The van der Waals surface area contributed by atoms with E-state index in [9.17, 15) is 4.79 Å². The molecule has 134 valence electrons. The number of nitrogens with zero attached hydrogens (tertiary/aromatic N) is 3. The fraction of sp³-hybridized carbons (Fsp3) is 0.316. The van der Waals surface area contributed by atoms with Crippen LogP contribution in [0.25, 0.3) is 0 Å². The number of carbonyl (C=O) groups is 1. The molecular weight excluding hydrogens is 332 g/mol. The minimum atomic E-state index is -0.267. The third-order valence-electron chi connectivity index (χ3n) is 4.64. The van der Waals surface area contributed by atoms with Gasteiger partial charge in [0.25, 0.3) is 5.91 Å². The quantitative estimate of drug-likeness (QED) is 0.915. The molecule has 26 heavy (non-hydrogen) atoms. The Bertz CT molecular complexity index is 929. The summed E-state index contributed by atoms with van der Waals surface area (Å²) in [6.45, 7) is 4.63. The lowest BCUT2D eigenvalue weighted by Gasteiger charge is -2.18. The van der Waals surface area contributed by atoms with Crippen molar-refractivity contribution in [2.75, 3.05) is 19.0 Å². The maximum Gasteiger partial charge on any atom is 0.260 e. The number of nitrogens with one attached hydrogen (secondary N) is 1. The number of furan rings is 1. The third kappa shape index (κ3) is 2.56. The molecule has 1 N–H and O–H groups in total. The van der Waals surface area contributed by atoms with Crippen molar-refractivity contribution in [1.29, 1.82) is 0 Å². The van der Waals surface area contributed by atoms with E-state index >= 15 is 0 Å². The van der Waals surface area contributed by atoms with Gasteiger partial charge < -0.3 is 19.4 Å². The predicted molar refractivity (Wildman–Crippen MR) is 99.9 cm³/mol. The highest BCUT2D eigenvalue weighted by atomic mass is 16.5. The number of anilines is 1. The SMILES string of the molecule is CC[C@@H]1CN2C=Nc3oc(C)c(C(=O)Nc4ccccc4OC)c3C2=N1. The second kappa shape index (κ2) is 6.33. The van der Waals surface area contributed by atoms with Gasteiger partial charge in [0.1, 0.15) is 23.7 Å². The lowest BCUT2D eigenvalue weighted by Crippen LogP contribution is -2.31. The van der Waals surface area contributed by atoms with Crippen molar-refractivity contribution in [1.82, 2.24) is 4.90 Å². The summed E-state index contributed by atoms with van der Waals surface area (Å²) in [5.74, 6) is 2.03. The lowest BCUT2D eigenvalue weighted by molar-refractivity contribution is 0.102. The normalized spacial score (nSPS) is 17.6. The van der Waals surface area contributed by atoms with Crippen LogP contribution in [0.5, 0.6) is 5.75 Å². The van der Waals surface area contributed by atoms with Gasteiger partial charge >= 0.3 is 0 Å². The highest BCUT2D eigenvalue weighted by Crippen LogP contribution is 2.36. The lowest BCUT2D eigenvalue weighted by atomic mass is 10.1. The fourth-order valence-corrected chi connectivity index (χ4v) is 3.29. The van der Waals surface area contributed by atoms with Gasteiger partial charge in [-0.25, -0.2) is 4.99 Å². The Balaban J connectivity index is 1.74. The van der Waals surface area contributed by atoms with Crippen LogP contribution in [-0.2, 0) is 0 Å². The molecule has 3 heterocycles. The zero-order valence-corrected chi connectivity index (χ0v) is 14.9. The second-order valence-electron chi connectivity index (χ2n) is 6.28. The molecule has 1 aromatic carbocycles. The maximum atomic E-state index is 13.0. The maximum absolute atomic E-state index is 13.0. The first-order valence-corrected chi connectivity index (χ1v) is 8.59. The van der Waals surface area contributed by atoms with Crippen LogP contribution >= 0.6 is 0 Å². The van der Waals surface area contributed by atoms with Crippen LogP contribution in [0.4, 0.5) is 11.6 Å². The molecule has 0 spiro atoms. The van der Waals surface area contributed by atoms with Crippen molar-refractivity contribution in [2.24, 2.45) is 9.98 Å². The molecule has 0 saturated heterocycles. The Kier molecular flexibility index (Phi) is 3.99. The number of hydrogen-bond donors (Lipinski definition) is 1. The van der Waals surface area contributed by atoms with Crippen LogP contribution in [0.1, 0.15) is 35.0 Å². The minimum absolute atomic E-state index is 0.197. The molecule has 7 nitrogen and oxygen atoms in total. The standard InChI is InChI=1S/C19H20N4O3/c1-4-12-9-23-10-20-19-16(17(23)21-12)15(11(2)26-19)18(24)22-13-7-5-6-8-14(13)25-3/h5-8,10,12H,4,9H2,1-3H3,(H,22,24)/t12-/m1/s1. The Labute approximate surface area is 151 Å². The van der Waals surface area contributed by atoms with E-state index in [4.69, 9.17) is 14.1 Å². The van der Waals surface area contributed by atoms with Gasteiger partial charge in [-0.05, 0) is 25.5 Å². The Hall–Kier alpha value is -3.09. The van der Waals surface area contributed by atoms with E-state index in [1.54, 1.807) is 32.5 Å². The van der Waals surface area contributed by atoms with Crippen molar-refractivity contribution < 1.29 is 13.9 Å². The molecular formula is C19H20N4O3. The van der Waals surface area contributed by atoms with Gasteiger partial charge in [-0.3, -0.25) is 9.79 Å². The number of methoxy groups -OCH3 is 1. The van der Waals surface area contributed by atoms with Crippen LogP contribution in [0, 0.1) is 6.92 Å².